The number of amides is 1. The highest BCUT2D eigenvalue weighted by Crippen LogP contribution is 2.39. The molecule has 22 heavy (non-hydrogen) atoms. The van der Waals surface area contributed by atoms with Crippen LogP contribution in [0.3, 0.4) is 0 Å². The summed E-state index contributed by atoms with van der Waals surface area (Å²) in [6, 6.07) is 3.81. The minimum absolute atomic E-state index is 0.0650. The van der Waals surface area contributed by atoms with Gasteiger partial charge in [0.25, 0.3) is 0 Å². The topological polar surface area (TPSA) is 63.4 Å². The van der Waals surface area contributed by atoms with Crippen LogP contribution in [0.5, 0.6) is 0 Å². The van der Waals surface area contributed by atoms with Crippen molar-refractivity contribution in [1.82, 2.24) is 19.8 Å². The van der Waals surface area contributed by atoms with Crippen LogP contribution in [0, 0.1) is 6.92 Å². The van der Waals surface area contributed by atoms with Gasteiger partial charge in [0.1, 0.15) is 9.91 Å². The lowest BCUT2D eigenvalue weighted by Gasteiger charge is -2.25. The second kappa shape index (κ2) is 5.24. The zero-order valence-corrected chi connectivity index (χ0v) is 13.8. The second-order valence-electron chi connectivity index (χ2n) is 5.57. The maximum Gasteiger partial charge on any atom is 0.240 e. The van der Waals surface area contributed by atoms with Gasteiger partial charge in [-0.05, 0) is 32.9 Å². The number of pyridine rings is 1. The molecule has 3 heterocycles. The Morgan fingerprint density at radius 2 is 2.14 bits per heavy atom. The Morgan fingerprint density at radius 1 is 1.36 bits per heavy atom. The van der Waals surface area contributed by atoms with E-state index in [2.05, 4.69) is 15.2 Å². The van der Waals surface area contributed by atoms with Gasteiger partial charge in [0.2, 0.25) is 5.91 Å². The van der Waals surface area contributed by atoms with E-state index in [1.807, 2.05) is 39.1 Å². The summed E-state index contributed by atoms with van der Waals surface area (Å²) in [4.78, 5) is 15.4. The Hall–Kier alpha value is -2.15. The summed E-state index contributed by atoms with van der Waals surface area (Å²) in [6.07, 6.45) is 5.41. The Kier molecular flexibility index (Phi) is 3.52. The largest absolute Gasteiger partial charge is 0.273 e. The number of rotatable bonds is 2. The van der Waals surface area contributed by atoms with Crippen LogP contribution >= 0.6 is 11.8 Å². The van der Waals surface area contributed by atoms with Crippen LogP contribution in [0.25, 0.3) is 5.69 Å². The molecular formula is C15H17N5OS. The first-order valence-corrected chi connectivity index (χ1v) is 7.75. The molecule has 2 aromatic rings. The number of nitrogens with zero attached hydrogens (tertiary/aromatic N) is 5. The van der Waals surface area contributed by atoms with E-state index in [9.17, 15) is 4.79 Å². The molecule has 0 unspecified atom stereocenters. The standard InChI is InChI=1S/C15H17N5OS/c1-10-13(9-19(17-10)12-6-5-7-16-8-12)14-18-20(11(2)21)15(3,4)22-14/h5-9H,1-4H3. The van der Waals surface area contributed by atoms with Gasteiger partial charge in [-0.1, -0.05) is 11.8 Å². The molecule has 0 atom stereocenters. The number of aromatic nitrogens is 3. The van der Waals surface area contributed by atoms with Gasteiger partial charge >= 0.3 is 0 Å². The summed E-state index contributed by atoms with van der Waals surface area (Å²) in [5, 5.41) is 11.3. The minimum Gasteiger partial charge on any atom is -0.273 e. The lowest BCUT2D eigenvalue weighted by molar-refractivity contribution is -0.131. The Labute approximate surface area is 133 Å². The molecule has 1 amide bonds. The summed E-state index contributed by atoms with van der Waals surface area (Å²) in [7, 11) is 0. The lowest BCUT2D eigenvalue weighted by Crippen LogP contribution is -2.36. The molecule has 1 aliphatic rings. The van der Waals surface area contributed by atoms with E-state index in [1.165, 1.54) is 11.9 Å². The van der Waals surface area contributed by atoms with Crippen LogP contribution in [0.4, 0.5) is 0 Å². The van der Waals surface area contributed by atoms with E-state index in [4.69, 9.17) is 0 Å². The summed E-state index contributed by atoms with van der Waals surface area (Å²) >= 11 is 1.57. The van der Waals surface area contributed by atoms with Gasteiger partial charge in [0.05, 0.1) is 23.1 Å². The first-order chi connectivity index (χ1) is 10.4. The van der Waals surface area contributed by atoms with Gasteiger partial charge < -0.3 is 0 Å². The van der Waals surface area contributed by atoms with Gasteiger partial charge in [0, 0.05) is 19.3 Å². The number of carbonyl (C=O) groups excluding carboxylic acids is 1. The van der Waals surface area contributed by atoms with Crippen molar-refractivity contribution in [3.63, 3.8) is 0 Å². The monoisotopic (exact) mass is 315 g/mol. The van der Waals surface area contributed by atoms with Crippen molar-refractivity contribution in [2.24, 2.45) is 5.10 Å². The highest BCUT2D eigenvalue weighted by atomic mass is 32.2. The highest BCUT2D eigenvalue weighted by Gasteiger charge is 2.38. The summed E-state index contributed by atoms with van der Waals surface area (Å²) in [6.45, 7) is 7.43. The van der Waals surface area contributed by atoms with Gasteiger partial charge in [-0.2, -0.15) is 10.2 Å². The molecule has 0 saturated carbocycles. The molecular weight excluding hydrogens is 298 g/mol. The summed E-state index contributed by atoms with van der Waals surface area (Å²) < 4.78 is 1.78. The molecule has 0 fully saturated rings. The molecule has 114 valence electrons. The number of thioether (sulfide) groups is 1. The Morgan fingerprint density at radius 3 is 2.73 bits per heavy atom. The maximum atomic E-state index is 11.7. The smallest absolute Gasteiger partial charge is 0.240 e. The van der Waals surface area contributed by atoms with Crippen molar-refractivity contribution in [1.29, 1.82) is 0 Å². The lowest BCUT2D eigenvalue weighted by atomic mass is 10.3. The van der Waals surface area contributed by atoms with Crippen molar-refractivity contribution in [3.05, 3.63) is 42.0 Å². The van der Waals surface area contributed by atoms with Gasteiger partial charge in [-0.3, -0.25) is 9.78 Å². The number of aryl methyl sites for hydroxylation is 1. The normalized spacial score (nSPS) is 16.7. The molecule has 3 rings (SSSR count). The highest BCUT2D eigenvalue weighted by molar-refractivity contribution is 8.15. The van der Waals surface area contributed by atoms with E-state index in [0.717, 1.165) is 22.0 Å². The Bertz CT molecular complexity index is 751. The van der Waals surface area contributed by atoms with Gasteiger partial charge in [-0.25, -0.2) is 9.69 Å². The predicted molar refractivity (Wildman–Crippen MR) is 86.8 cm³/mol. The SMILES string of the molecule is CC(=O)N1N=C(c2cn(-c3cccnc3)nc2C)SC1(C)C. The average Bonchev–Trinajstić information content (AvgIpc) is 2.99. The molecule has 1 aliphatic heterocycles. The quantitative estimate of drug-likeness (QED) is 0.854. The Balaban J connectivity index is 1.99. The van der Waals surface area contributed by atoms with E-state index in [0.29, 0.717) is 0 Å². The molecule has 7 heteroatoms. The van der Waals surface area contributed by atoms with E-state index < -0.39 is 0 Å². The van der Waals surface area contributed by atoms with Crippen molar-refractivity contribution in [2.45, 2.75) is 32.6 Å². The predicted octanol–water partition coefficient (Wildman–Crippen LogP) is 2.57. The zero-order chi connectivity index (χ0) is 15.9. The molecule has 0 aromatic carbocycles. The van der Waals surface area contributed by atoms with E-state index in [1.54, 1.807) is 28.8 Å². The van der Waals surface area contributed by atoms with E-state index in [-0.39, 0.29) is 10.8 Å². The van der Waals surface area contributed by atoms with Crippen LogP contribution in [0.1, 0.15) is 32.0 Å². The third-order valence-corrected chi connectivity index (χ3v) is 4.55. The van der Waals surface area contributed by atoms with Gasteiger partial charge in [0.15, 0.2) is 0 Å². The average molecular weight is 315 g/mol. The van der Waals surface area contributed by atoms with Crippen LogP contribution in [0.15, 0.2) is 35.8 Å². The zero-order valence-electron chi connectivity index (χ0n) is 12.9. The fourth-order valence-corrected chi connectivity index (χ4v) is 3.52. The maximum absolute atomic E-state index is 11.7. The molecule has 0 N–H and O–H groups in total. The summed E-state index contributed by atoms with van der Waals surface area (Å²) in [5.74, 6) is -0.0650. The van der Waals surface area contributed by atoms with Crippen molar-refractivity contribution < 1.29 is 4.79 Å². The van der Waals surface area contributed by atoms with Crippen molar-refractivity contribution in [2.75, 3.05) is 0 Å². The fourth-order valence-electron chi connectivity index (χ4n) is 2.36. The third kappa shape index (κ3) is 2.52. The van der Waals surface area contributed by atoms with Gasteiger partial charge in [-0.15, -0.1) is 0 Å². The molecule has 0 saturated heterocycles. The van der Waals surface area contributed by atoms with Crippen LogP contribution in [-0.4, -0.2) is 35.6 Å². The van der Waals surface area contributed by atoms with Crippen LogP contribution in [0.2, 0.25) is 0 Å². The number of carbonyl (C=O) groups is 1. The molecule has 0 spiro atoms. The molecule has 6 nitrogen and oxygen atoms in total. The first kappa shape index (κ1) is 14.8. The number of hydrazone groups is 1. The summed E-state index contributed by atoms with van der Waals surface area (Å²) in [5.41, 5.74) is 2.70. The molecule has 0 radical (unpaired) electrons. The molecule has 2 aromatic heterocycles. The van der Waals surface area contributed by atoms with Crippen molar-refractivity contribution >= 4 is 22.7 Å². The molecule has 0 aliphatic carbocycles. The van der Waals surface area contributed by atoms with E-state index >= 15 is 0 Å². The first-order valence-electron chi connectivity index (χ1n) is 6.94. The fraction of sp³-hybridized carbons (Fsp3) is 0.333. The molecule has 0 bridgehead atoms. The van der Waals surface area contributed by atoms with Crippen LogP contribution in [-0.2, 0) is 4.79 Å². The van der Waals surface area contributed by atoms with Crippen LogP contribution < -0.4 is 0 Å². The number of hydrogen-bond donors (Lipinski definition) is 0. The third-order valence-electron chi connectivity index (χ3n) is 3.39. The number of hydrogen-bond acceptors (Lipinski definition) is 5. The van der Waals surface area contributed by atoms with Crippen molar-refractivity contribution in [3.8, 4) is 5.69 Å². The second-order valence-corrected chi connectivity index (χ2v) is 7.16. The minimum atomic E-state index is -0.385.